The minimum atomic E-state index is -0.171. The highest BCUT2D eigenvalue weighted by Crippen LogP contribution is 2.35. The summed E-state index contributed by atoms with van der Waals surface area (Å²) in [6.45, 7) is 9.37. The van der Waals surface area contributed by atoms with E-state index in [0.717, 1.165) is 32.3 Å². The van der Waals surface area contributed by atoms with Gasteiger partial charge in [-0.05, 0) is 43.9 Å². The average molecular weight is 255 g/mol. The van der Waals surface area contributed by atoms with Crippen LogP contribution in [0.5, 0.6) is 0 Å². The van der Waals surface area contributed by atoms with E-state index in [2.05, 4.69) is 19.2 Å². The monoisotopic (exact) mass is 255 g/mol. The Bertz CT molecular complexity index is 247. The smallest absolute Gasteiger partial charge is 0.249 e. The summed E-state index contributed by atoms with van der Waals surface area (Å²) < 4.78 is 5.39. The van der Waals surface area contributed by atoms with Gasteiger partial charge in [-0.15, -0.1) is 0 Å². The quantitative estimate of drug-likeness (QED) is 0.822. The number of rotatable bonds is 2. The van der Waals surface area contributed by atoms with Crippen molar-refractivity contribution in [3.63, 3.8) is 0 Å². The fraction of sp³-hybridized carbons (Fsp3) is 0.933. The summed E-state index contributed by atoms with van der Waals surface area (Å²) in [6, 6.07) is 0.379. The van der Waals surface area contributed by atoms with Crippen LogP contribution in [0.4, 0.5) is 0 Å². The van der Waals surface area contributed by atoms with Gasteiger partial charge in [-0.1, -0.05) is 27.7 Å². The number of amides is 1. The van der Waals surface area contributed by atoms with Crippen molar-refractivity contribution in [2.75, 3.05) is 6.61 Å². The molecule has 2 rings (SSSR count). The summed E-state index contributed by atoms with van der Waals surface area (Å²) in [5.41, 5.74) is 0.463. The zero-order valence-corrected chi connectivity index (χ0v) is 12.4. The number of nitrogens with one attached hydrogen (secondary N) is 1. The lowest BCUT2D eigenvalue weighted by molar-refractivity contribution is -0.131. The van der Waals surface area contributed by atoms with Gasteiger partial charge in [0.15, 0.2) is 0 Å². The van der Waals surface area contributed by atoms with Gasteiger partial charge in [0.1, 0.15) is 6.10 Å². The van der Waals surface area contributed by atoms with Gasteiger partial charge in [-0.3, -0.25) is 4.79 Å². The van der Waals surface area contributed by atoms with Gasteiger partial charge in [0.05, 0.1) is 0 Å². The van der Waals surface area contributed by atoms with Gasteiger partial charge in [-0.25, -0.2) is 0 Å². The zero-order chi connectivity index (χ0) is 13.6. The summed E-state index contributed by atoms with van der Waals surface area (Å²) in [5.74, 6) is 0.113. The third kappa shape index (κ3) is 4.60. The van der Waals surface area contributed by atoms with Gasteiger partial charge >= 0.3 is 0 Å². The van der Waals surface area contributed by atoms with E-state index in [0.29, 0.717) is 11.5 Å². The Morgan fingerprint density at radius 1 is 1.17 bits per heavy atom. The van der Waals surface area contributed by atoms with Gasteiger partial charge < -0.3 is 10.1 Å². The van der Waals surface area contributed by atoms with Crippen LogP contribution in [0.2, 0.25) is 0 Å². The average Bonchev–Trinajstić information content (AvgIpc) is 2.88. The molecule has 1 N–H and O–H groups in total. The second-order valence-corrected chi connectivity index (χ2v) is 5.95. The van der Waals surface area contributed by atoms with Gasteiger partial charge in [-0.2, -0.15) is 0 Å². The molecule has 0 unspecified atom stereocenters. The molecule has 0 aromatic rings. The molecule has 106 valence electrons. The van der Waals surface area contributed by atoms with E-state index in [1.807, 2.05) is 13.8 Å². The molecule has 1 aliphatic carbocycles. The normalized spacial score (nSPS) is 27.2. The third-order valence-corrected chi connectivity index (χ3v) is 3.91. The molecule has 1 atom stereocenters. The van der Waals surface area contributed by atoms with Crippen molar-refractivity contribution in [2.24, 2.45) is 5.41 Å². The number of carbonyl (C=O) groups is 1. The Labute approximate surface area is 112 Å². The molecule has 0 spiro atoms. The zero-order valence-electron chi connectivity index (χ0n) is 12.4. The summed E-state index contributed by atoms with van der Waals surface area (Å²) in [6.07, 6.45) is 6.40. The number of hydrogen-bond donors (Lipinski definition) is 1. The molecule has 1 aliphatic heterocycles. The largest absolute Gasteiger partial charge is 0.368 e. The molecule has 1 saturated heterocycles. The lowest BCUT2D eigenvalue weighted by Gasteiger charge is -2.34. The van der Waals surface area contributed by atoms with Crippen LogP contribution in [-0.4, -0.2) is 24.7 Å². The Balaban J connectivity index is 0.000000771. The molecular formula is C15H29NO2. The van der Waals surface area contributed by atoms with Crippen LogP contribution in [0.15, 0.2) is 0 Å². The van der Waals surface area contributed by atoms with Gasteiger partial charge in [0.2, 0.25) is 5.91 Å². The molecule has 1 heterocycles. The van der Waals surface area contributed by atoms with Crippen LogP contribution >= 0.6 is 0 Å². The summed E-state index contributed by atoms with van der Waals surface area (Å²) in [4.78, 5) is 11.8. The lowest BCUT2D eigenvalue weighted by atomic mass is 9.75. The third-order valence-electron chi connectivity index (χ3n) is 3.91. The van der Waals surface area contributed by atoms with Crippen molar-refractivity contribution in [3.05, 3.63) is 0 Å². The van der Waals surface area contributed by atoms with Crippen LogP contribution in [0.25, 0.3) is 0 Å². The second kappa shape index (κ2) is 7.13. The van der Waals surface area contributed by atoms with Crippen LogP contribution < -0.4 is 5.32 Å². The van der Waals surface area contributed by atoms with Crippen molar-refractivity contribution in [2.45, 2.75) is 78.4 Å². The highest BCUT2D eigenvalue weighted by atomic mass is 16.5. The predicted octanol–water partition coefficient (Wildman–Crippen LogP) is 3.28. The molecule has 0 bridgehead atoms. The van der Waals surface area contributed by atoms with Crippen molar-refractivity contribution >= 4 is 5.91 Å². The molecular weight excluding hydrogens is 226 g/mol. The molecule has 2 fully saturated rings. The maximum absolute atomic E-state index is 11.8. The maximum Gasteiger partial charge on any atom is 0.249 e. The molecule has 1 saturated carbocycles. The molecule has 3 nitrogen and oxygen atoms in total. The minimum absolute atomic E-state index is 0.113. The van der Waals surface area contributed by atoms with E-state index < -0.39 is 0 Å². The first-order valence-corrected chi connectivity index (χ1v) is 7.49. The first-order chi connectivity index (χ1) is 8.57. The summed E-state index contributed by atoms with van der Waals surface area (Å²) >= 11 is 0. The molecule has 18 heavy (non-hydrogen) atoms. The number of hydrogen-bond acceptors (Lipinski definition) is 2. The molecule has 1 amide bonds. The predicted molar refractivity (Wildman–Crippen MR) is 74.5 cm³/mol. The Hall–Kier alpha value is -0.570. The van der Waals surface area contributed by atoms with Crippen LogP contribution in [0.3, 0.4) is 0 Å². The van der Waals surface area contributed by atoms with Crippen LogP contribution in [0, 0.1) is 5.41 Å². The Kier molecular flexibility index (Phi) is 6.13. The van der Waals surface area contributed by atoms with Crippen molar-refractivity contribution in [1.29, 1.82) is 0 Å². The SMILES string of the molecule is CC.CC1(C)CCC(NC(=O)[C@H]2CCCO2)CC1. The van der Waals surface area contributed by atoms with E-state index in [-0.39, 0.29) is 12.0 Å². The van der Waals surface area contributed by atoms with Crippen molar-refractivity contribution < 1.29 is 9.53 Å². The number of carbonyl (C=O) groups excluding carboxylic acids is 1. The molecule has 3 heteroatoms. The molecule has 0 aromatic heterocycles. The van der Waals surface area contributed by atoms with Crippen molar-refractivity contribution in [3.8, 4) is 0 Å². The van der Waals surface area contributed by atoms with Crippen molar-refractivity contribution in [1.82, 2.24) is 5.32 Å². The van der Waals surface area contributed by atoms with Crippen LogP contribution in [-0.2, 0) is 9.53 Å². The fourth-order valence-corrected chi connectivity index (χ4v) is 2.62. The maximum atomic E-state index is 11.8. The van der Waals surface area contributed by atoms with Gasteiger partial charge in [0, 0.05) is 12.6 Å². The standard InChI is InChI=1S/C13H23NO2.C2H6/c1-13(2)7-5-10(6-8-13)14-12(15)11-4-3-9-16-11;1-2/h10-11H,3-9H2,1-2H3,(H,14,15);1-2H3/t11-;/m1./s1. The van der Waals surface area contributed by atoms with Gasteiger partial charge in [0.25, 0.3) is 0 Å². The first-order valence-electron chi connectivity index (χ1n) is 7.49. The lowest BCUT2D eigenvalue weighted by Crippen LogP contribution is -2.43. The summed E-state index contributed by atoms with van der Waals surface area (Å²) in [5, 5.41) is 3.13. The molecule has 0 aromatic carbocycles. The van der Waals surface area contributed by atoms with E-state index in [1.165, 1.54) is 12.8 Å². The fourth-order valence-electron chi connectivity index (χ4n) is 2.62. The van der Waals surface area contributed by atoms with E-state index in [1.54, 1.807) is 0 Å². The Morgan fingerprint density at radius 3 is 2.28 bits per heavy atom. The van der Waals surface area contributed by atoms with E-state index in [9.17, 15) is 4.79 Å². The Morgan fingerprint density at radius 2 is 1.78 bits per heavy atom. The highest BCUT2D eigenvalue weighted by Gasteiger charge is 2.30. The number of ether oxygens (including phenoxy) is 1. The minimum Gasteiger partial charge on any atom is -0.368 e. The highest BCUT2D eigenvalue weighted by molar-refractivity contribution is 5.81. The first kappa shape index (κ1) is 15.5. The van der Waals surface area contributed by atoms with E-state index >= 15 is 0 Å². The second-order valence-electron chi connectivity index (χ2n) is 5.95. The van der Waals surface area contributed by atoms with Crippen LogP contribution in [0.1, 0.15) is 66.2 Å². The molecule has 2 aliphatic rings. The molecule has 0 radical (unpaired) electrons. The van der Waals surface area contributed by atoms with E-state index in [4.69, 9.17) is 4.74 Å². The topological polar surface area (TPSA) is 38.3 Å². The summed E-state index contributed by atoms with van der Waals surface area (Å²) in [7, 11) is 0.